The Kier molecular flexibility index (Phi) is 6.43. The van der Waals surface area contributed by atoms with Crippen LogP contribution in [0.4, 0.5) is 0 Å². The number of pyridine rings is 1. The molecule has 144 valence electrons. The van der Waals surface area contributed by atoms with Crippen LogP contribution in [0.3, 0.4) is 0 Å². The Bertz CT molecular complexity index is 963. The van der Waals surface area contributed by atoms with Gasteiger partial charge >= 0.3 is 5.97 Å². The van der Waals surface area contributed by atoms with Gasteiger partial charge in [-0.1, -0.05) is 39.1 Å². The van der Waals surface area contributed by atoms with E-state index in [1.54, 1.807) is 18.2 Å². The van der Waals surface area contributed by atoms with Crippen molar-refractivity contribution in [1.82, 2.24) is 9.29 Å². The molecule has 0 atom stereocenters. The number of hydrogen-bond donors (Lipinski definition) is 0. The molecule has 2 aromatic rings. The average Bonchev–Trinajstić information content (AvgIpc) is 2.64. The first-order valence-corrected chi connectivity index (χ1v) is 11.1. The molecule has 0 bridgehead atoms. The van der Waals surface area contributed by atoms with E-state index in [9.17, 15) is 13.2 Å². The van der Waals surface area contributed by atoms with E-state index < -0.39 is 21.9 Å². The molecular formula is C17H15BrCl2N2O4S. The zero-order chi connectivity index (χ0) is 19.6. The van der Waals surface area contributed by atoms with Gasteiger partial charge < -0.3 is 4.74 Å². The minimum Gasteiger partial charge on any atom is -0.425 e. The van der Waals surface area contributed by atoms with E-state index in [0.29, 0.717) is 17.9 Å². The number of aromatic nitrogens is 1. The Labute approximate surface area is 175 Å². The van der Waals surface area contributed by atoms with Crippen LogP contribution >= 0.6 is 39.1 Å². The highest BCUT2D eigenvalue weighted by atomic mass is 79.9. The lowest BCUT2D eigenvalue weighted by Gasteiger charge is -2.30. The van der Waals surface area contributed by atoms with E-state index in [2.05, 4.69) is 20.9 Å². The predicted molar refractivity (Wildman–Crippen MR) is 106 cm³/mol. The second-order valence-electron chi connectivity index (χ2n) is 5.97. The lowest BCUT2D eigenvalue weighted by atomic mass is 9.98. The number of nitrogens with zero attached hydrogens (tertiary/aromatic N) is 2. The number of halogens is 3. The van der Waals surface area contributed by atoms with E-state index in [1.807, 2.05) is 0 Å². The standard InChI is InChI=1S/C17H15BrCl2N2O4S/c18-12-3-4-14(13(19)10-12)26-17(23)11-5-8-22(9-6-11)27(24,25)15-2-1-7-21-16(15)20/h1-4,7,10-11H,5-6,8-9H2. The van der Waals surface area contributed by atoms with Crippen LogP contribution < -0.4 is 4.74 Å². The molecule has 1 aromatic heterocycles. The summed E-state index contributed by atoms with van der Waals surface area (Å²) in [6.45, 7) is 0.392. The summed E-state index contributed by atoms with van der Waals surface area (Å²) in [6.07, 6.45) is 2.13. The maximum Gasteiger partial charge on any atom is 0.314 e. The summed E-state index contributed by atoms with van der Waals surface area (Å²) in [7, 11) is -3.75. The van der Waals surface area contributed by atoms with Crippen molar-refractivity contribution in [2.75, 3.05) is 13.1 Å². The Balaban J connectivity index is 1.65. The van der Waals surface area contributed by atoms with Gasteiger partial charge in [-0.05, 0) is 43.2 Å². The molecule has 10 heteroatoms. The molecule has 0 saturated carbocycles. The Morgan fingerprint density at radius 2 is 1.93 bits per heavy atom. The number of hydrogen-bond acceptors (Lipinski definition) is 5. The molecule has 0 amide bonds. The van der Waals surface area contributed by atoms with E-state index >= 15 is 0 Å². The fourth-order valence-electron chi connectivity index (χ4n) is 2.78. The first-order chi connectivity index (χ1) is 12.8. The van der Waals surface area contributed by atoms with E-state index in [1.165, 1.54) is 22.6 Å². The molecule has 0 unspecified atom stereocenters. The fraction of sp³-hybridized carbons (Fsp3) is 0.294. The van der Waals surface area contributed by atoms with Crippen molar-refractivity contribution in [3.63, 3.8) is 0 Å². The molecule has 1 aromatic carbocycles. The van der Waals surface area contributed by atoms with Crippen molar-refractivity contribution in [2.24, 2.45) is 5.92 Å². The molecule has 3 rings (SSSR count). The molecule has 6 nitrogen and oxygen atoms in total. The van der Waals surface area contributed by atoms with Gasteiger partial charge in [-0.15, -0.1) is 0 Å². The number of ether oxygens (including phenoxy) is 1. The first-order valence-electron chi connectivity index (χ1n) is 8.06. The van der Waals surface area contributed by atoms with Crippen LogP contribution in [-0.2, 0) is 14.8 Å². The summed E-state index contributed by atoms with van der Waals surface area (Å²) < 4.78 is 32.9. The summed E-state index contributed by atoms with van der Waals surface area (Å²) in [6, 6.07) is 7.90. The van der Waals surface area contributed by atoms with E-state index in [0.717, 1.165) is 4.47 Å². The lowest BCUT2D eigenvalue weighted by molar-refractivity contribution is -0.140. The van der Waals surface area contributed by atoms with Crippen molar-refractivity contribution >= 4 is 55.1 Å². The number of piperidine rings is 1. The summed E-state index contributed by atoms with van der Waals surface area (Å²) in [5, 5.41) is 0.257. The molecule has 0 N–H and O–H groups in total. The summed E-state index contributed by atoms with van der Waals surface area (Å²) in [5.41, 5.74) is 0. The van der Waals surface area contributed by atoms with Crippen LogP contribution in [0.15, 0.2) is 45.9 Å². The van der Waals surface area contributed by atoms with Crippen LogP contribution in [0, 0.1) is 5.92 Å². The third-order valence-electron chi connectivity index (χ3n) is 4.23. The third-order valence-corrected chi connectivity index (χ3v) is 7.37. The maximum atomic E-state index is 12.7. The second kappa shape index (κ2) is 8.45. The molecule has 0 radical (unpaired) electrons. The van der Waals surface area contributed by atoms with Crippen molar-refractivity contribution in [2.45, 2.75) is 17.7 Å². The smallest absolute Gasteiger partial charge is 0.314 e. The van der Waals surface area contributed by atoms with Crippen molar-refractivity contribution in [1.29, 1.82) is 0 Å². The number of carbonyl (C=O) groups excluding carboxylic acids is 1. The summed E-state index contributed by atoms with van der Waals surface area (Å²) in [4.78, 5) is 16.2. The number of rotatable bonds is 4. The molecule has 1 aliphatic rings. The zero-order valence-electron chi connectivity index (χ0n) is 13.9. The number of benzene rings is 1. The van der Waals surface area contributed by atoms with Gasteiger partial charge in [0.2, 0.25) is 10.0 Å². The van der Waals surface area contributed by atoms with Gasteiger partial charge in [-0.2, -0.15) is 4.31 Å². The third kappa shape index (κ3) is 4.63. The molecule has 0 aliphatic carbocycles. The van der Waals surface area contributed by atoms with Crippen LogP contribution in [-0.4, -0.2) is 36.8 Å². The van der Waals surface area contributed by atoms with Crippen molar-refractivity contribution in [3.05, 3.63) is 51.2 Å². The average molecular weight is 494 g/mol. The second-order valence-corrected chi connectivity index (χ2v) is 9.55. The molecule has 1 aliphatic heterocycles. The maximum absolute atomic E-state index is 12.7. The number of esters is 1. The molecule has 2 heterocycles. The van der Waals surface area contributed by atoms with Gasteiger partial charge in [0.25, 0.3) is 0 Å². The van der Waals surface area contributed by atoms with E-state index in [4.69, 9.17) is 27.9 Å². The normalized spacial score (nSPS) is 16.3. The van der Waals surface area contributed by atoms with Gasteiger partial charge in [0.15, 0.2) is 0 Å². The molecule has 1 saturated heterocycles. The monoisotopic (exact) mass is 492 g/mol. The topological polar surface area (TPSA) is 76.6 Å². The zero-order valence-corrected chi connectivity index (χ0v) is 17.9. The van der Waals surface area contributed by atoms with Crippen LogP contribution in [0.1, 0.15) is 12.8 Å². The SMILES string of the molecule is O=C(Oc1ccc(Br)cc1Cl)C1CCN(S(=O)(=O)c2cccnc2Cl)CC1. The number of sulfonamides is 1. The summed E-state index contributed by atoms with van der Waals surface area (Å²) >= 11 is 15.3. The van der Waals surface area contributed by atoms with E-state index in [-0.39, 0.29) is 28.9 Å². The van der Waals surface area contributed by atoms with Gasteiger partial charge in [0.1, 0.15) is 15.8 Å². The lowest BCUT2D eigenvalue weighted by Crippen LogP contribution is -2.41. The van der Waals surface area contributed by atoms with Gasteiger partial charge in [-0.3, -0.25) is 4.79 Å². The minimum atomic E-state index is -3.75. The van der Waals surface area contributed by atoms with Crippen LogP contribution in [0.2, 0.25) is 10.2 Å². The highest BCUT2D eigenvalue weighted by Crippen LogP contribution is 2.31. The molecule has 27 heavy (non-hydrogen) atoms. The Hall–Kier alpha value is -1.19. The largest absolute Gasteiger partial charge is 0.425 e. The van der Waals surface area contributed by atoms with Gasteiger partial charge in [0, 0.05) is 23.8 Å². The molecule has 1 fully saturated rings. The van der Waals surface area contributed by atoms with Crippen LogP contribution in [0.5, 0.6) is 5.75 Å². The van der Waals surface area contributed by atoms with Crippen LogP contribution in [0.25, 0.3) is 0 Å². The number of carbonyl (C=O) groups is 1. The molecule has 0 spiro atoms. The summed E-state index contributed by atoms with van der Waals surface area (Å²) in [5.74, 6) is -0.543. The fourth-order valence-corrected chi connectivity index (χ4v) is 5.39. The Morgan fingerprint density at radius 3 is 2.56 bits per heavy atom. The quantitative estimate of drug-likeness (QED) is 0.363. The molecular weight excluding hydrogens is 479 g/mol. The van der Waals surface area contributed by atoms with Gasteiger partial charge in [0.05, 0.1) is 10.9 Å². The highest BCUT2D eigenvalue weighted by molar-refractivity contribution is 9.10. The highest BCUT2D eigenvalue weighted by Gasteiger charge is 2.34. The minimum absolute atomic E-state index is 0.0330. The van der Waals surface area contributed by atoms with Crippen molar-refractivity contribution in [3.8, 4) is 5.75 Å². The van der Waals surface area contributed by atoms with Gasteiger partial charge in [-0.25, -0.2) is 13.4 Å². The first kappa shape index (κ1) is 20.5. The Morgan fingerprint density at radius 1 is 1.22 bits per heavy atom. The predicted octanol–water partition coefficient (Wildman–Crippen LogP) is 4.16. The van der Waals surface area contributed by atoms with Crippen molar-refractivity contribution < 1.29 is 17.9 Å².